The summed E-state index contributed by atoms with van der Waals surface area (Å²) in [5.74, 6) is 0.565. The van der Waals surface area contributed by atoms with Gasteiger partial charge < -0.3 is 10.5 Å². The van der Waals surface area contributed by atoms with E-state index in [4.69, 9.17) is 15.0 Å². The molecule has 0 spiro atoms. The molecule has 6 heteroatoms. The van der Waals surface area contributed by atoms with Crippen molar-refractivity contribution in [3.63, 3.8) is 0 Å². The van der Waals surface area contributed by atoms with Crippen molar-refractivity contribution in [1.29, 1.82) is 0 Å². The van der Waals surface area contributed by atoms with Gasteiger partial charge in [0.25, 0.3) is 10.1 Å². The minimum Gasteiger partial charge on any atom is -0.494 e. The van der Waals surface area contributed by atoms with Crippen molar-refractivity contribution in [3.05, 3.63) is 30.3 Å². The highest BCUT2D eigenvalue weighted by molar-refractivity contribution is 7.85. The van der Waals surface area contributed by atoms with Crippen LogP contribution in [0.1, 0.15) is 6.92 Å². The van der Waals surface area contributed by atoms with Gasteiger partial charge in [-0.3, -0.25) is 4.55 Å². The molecule has 0 radical (unpaired) electrons. The monoisotopic (exact) mass is 267 g/mol. The summed E-state index contributed by atoms with van der Waals surface area (Å²) < 4.78 is 36.5. The third-order valence-electron chi connectivity index (χ3n) is 2.54. The standard InChI is InChI=1S/C12H13NO4S/c1-2-17-9-5-8-6-10(18(14,15)16)3-4-11(8)12(13)7-9/h3-7H,2,13H2,1H3,(H,14,15,16). The number of rotatable bonds is 3. The third kappa shape index (κ3) is 2.39. The molecule has 0 aliphatic carbocycles. The number of benzene rings is 2. The molecule has 0 atom stereocenters. The summed E-state index contributed by atoms with van der Waals surface area (Å²) in [5.41, 5.74) is 6.35. The zero-order chi connectivity index (χ0) is 13.3. The Morgan fingerprint density at radius 3 is 2.61 bits per heavy atom. The minimum absolute atomic E-state index is 0.164. The van der Waals surface area contributed by atoms with Gasteiger partial charge in [0.2, 0.25) is 0 Å². The molecule has 0 heterocycles. The van der Waals surface area contributed by atoms with Crippen LogP contribution in [-0.2, 0) is 10.1 Å². The highest BCUT2D eigenvalue weighted by Crippen LogP contribution is 2.29. The molecule has 2 aromatic rings. The van der Waals surface area contributed by atoms with E-state index >= 15 is 0 Å². The normalized spacial score (nSPS) is 11.7. The first-order chi connectivity index (χ1) is 8.41. The average molecular weight is 267 g/mol. The molecule has 2 aromatic carbocycles. The first kappa shape index (κ1) is 12.7. The number of hydrogen-bond donors (Lipinski definition) is 2. The summed E-state index contributed by atoms with van der Waals surface area (Å²) >= 11 is 0. The Kier molecular flexibility index (Phi) is 3.14. The van der Waals surface area contributed by atoms with Gasteiger partial charge in [-0.05, 0) is 30.5 Å². The summed E-state index contributed by atoms with van der Waals surface area (Å²) in [7, 11) is -4.21. The Labute approximate surface area is 105 Å². The van der Waals surface area contributed by atoms with Gasteiger partial charge in [-0.1, -0.05) is 6.07 Å². The molecule has 3 N–H and O–H groups in total. The third-order valence-corrected chi connectivity index (χ3v) is 3.39. The fourth-order valence-corrected chi connectivity index (χ4v) is 2.28. The first-order valence-corrected chi connectivity index (χ1v) is 6.79. The molecule has 0 amide bonds. The molecule has 0 bridgehead atoms. The van der Waals surface area contributed by atoms with Crippen LogP contribution in [-0.4, -0.2) is 19.6 Å². The summed E-state index contributed by atoms with van der Waals surface area (Å²) in [6.07, 6.45) is 0. The van der Waals surface area contributed by atoms with Crippen LogP contribution in [0.15, 0.2) is 35.2 Å². The van der Waals surface area contributed by atoms with E-state index in [-0.39, 0.29) is 4.90 Å². The molecule has 2 rings (SSSR count). The lowest BCUT2D eigenvalue weighted by Crippen LogP contribution is -1.99. The first-order valence-electron chi connectivity index (χ1n) is 5.35. The van der Waals surface area contributed by atoms with Gasteiger partial charge in [0.05, 0.1) is 11.5 Å². The summed E-state index contributed by atoms with van der Waals surface area (Å²) in [5, 5.41) is 1.32. The van der Waals surface area contributed by atoms with E-state index < -0.39 is 10.1 Å². The fourth-order valence-electron chi connectivity index (χ4n) is 1.76. The summed E-state index contributed by atoms with van der Waals surface area (Å²) in [6.45, 7) is 2.33. The van der Waals surface area contributed by atoms with Gasteiger partial charge in [0.1, 0.15) is 5.75 Å². The van der Waals surface area contributed by atoms with E-state index in [1.165, 1.54) is 12.1 Å². The zero-order valence-corrected chi connectivity index (χ0v) is 10.6. The molecular formula is C12H13NO4S. The van der Waals surface area contributed by atoms with Gasteiger partial charge >= 0.3 is 0 Å². The largest absolute Gasteiger partial charge is 0.494 e. The SMILES string of the molecule is CCOc1cc(N)c2ccc(S(=O)(=O)O)cc2c1. The van der Waals surface area contributed by atoms with Crippen molar-refractivity contribution in [2.75, 3.05) is 12.3 Å². The summed E-state index contributed by atoms with van der Waals surface area (Å²) in [6, 6.07) is 7.60. The van der Waals surface area contributed by atoms with Crippen molar-refractivity contribution in [1.82, 2.24) is 0 Å². The molecule has 96 valence electrons. The number of nitrogens with two attached hydrogens (primary N) is 1. The molecule has 0 saturated heterocycles. The Bertz CT molecular complexity index is 695. The average Bonchev–Trinajstić information content (AvgIpc) is 2.27. The maximum atomic E-state index is 11.1. The number of fused-ring (bicyclic) bond motifs is 1. The van der Waals surface area contributed by atoms with Crippen LogP contribution in [0.25, 0.3) is 10.8 Å². The van der Waals surface area contributed by atoms with E-state index in [9.17, 15) is 8.42 Å². The highest BCUT2D eigenvalue weighted by Gasteiger charge is 2.11. The smallest absolute Gasteiger partial charge is 0.294 e. The van der Waals surface area contributed by atoms with E-state index in [1.54, 1.807) is 18.2 Å². The molecule has 0 unspecified atom stereocenters. The molecule has 5 nitrogen and oxygen atoms in total. The van der Waals surface area contributed by atoms with Crippen LogP contribution < -0.4 is 10.5 Å². The zero-order valence-electron chi connectivity index (χ0n) is 9.75. The number of ether oxygens (including phenoxy) is 1. The Hall–Kier alpha value is -1.79. The van der Waals surface area contributed by atoms with Crippen molar-refractivity contribution < 1.29 is 17.7 Å². The van der Waals surface area contributed by atoms with Gasteiger partial charge in [0, 0.05) is 17.1 Å². The molecule has 0 saturated carbocycles. The van der Waals surface area contributed by atoms with Crippen LogP contribution in [0.2, 0.25) is 0 Å². The maximum absolute atomic E-state index is 11.1. The Balaban J connectivity index is 2.67. The summed E-state index contributed by atoms with van der Waals surface area (Å²) in [4.78, 5) is -0.164. The van der Waals surface area contributed by atoms with Gasteiger partial charge in [-0.25, -0.2) is 0 Å². The maximum Gasteiger partial charge on any atom is 0.294 e. The van der Waals surface area contributed by atoms with Crippen molar-refractivity contribution in [3.8, 4) is 5.75 Å². The van der Waals surface area contributed by atoms with Crippen molar-refractivity contribution in [2.45, 2.75) is 11.8 Å². The minimum atomic E-state index is -4.21. The Morgan fingerprint density at radius 2 is 2.00 bits per heavy atom. The molecule has 0 aromatic heterocycles. The number of nitrogen functional groups attached to an aromatic ring is 1. The highest BCUT2D eigenvalue weighted by atomic mass is 32.2. The van der Waals surface area contributed by atoms with Crippen LogP contribution in [0.5, 0.6) is 5.75 Å². The lowest BCUT2D eigenvalue weighted by atomic mass is 10.1. The second kappa shape index (κ2) is 4.47. The lowest BCUT2D eigenvalue weighted by Gasteiger charge is -2.08. The topological polar surface area (TPSA) is 89.6 Å². The Morgan fingerprint density at radius 1 is 1.28 bits per heavy atom. The molecular weight excluding hydrogens is 254 g/mol. The number of anilines is 1. The lowest BCUT2D eigenvalue weighted by molar-refractivity contribution is 0.341. The van der Waals surface area contributed by atoms with E-state index in [0.29, 0.717) is 28.8 Å². The van der Waals surface area contributed by atoms with Crippen molar-refractivity contribution in [2.24, 2.45) is 0 Å². The van der Waals surface area contributed by atoms with Crippen molar-refractivity contribution >= 4 is 26.6 Å². The van der Waals surface area contributed by atoms with Gasteiger partial charge in [-0.15, -0.1) is 0 Å². The predicted molar refractivity (Wildman–Crippen MR) is 69.3 cm³/mol. The quantitative estimate of drug-likeness (QED) is 0.656. The van der Waals surface area contributed by atoms with Crippen LogP contribution >= 0.6 is 0 Å². The molecule has 0 aliphatic heterocycles. The second-order valence-corrected chi connectivity index (χ2v) is 5.23. The van der Waals surface area contributed by atoms with Gasteiger partial charge in [-0.2, -0.15) is 8.42 Å². The van der Waals surface area contributed by atoms with E-state index in [2.05, 4.69) is 0 Å². The van der Waals surface area contributed by atoms with E-state index in [1.807, 2.05) is 6.92 Å². The van der Waals surface area contributed by atoms with Gasteiger partial charge in [0.15, 0.2) is 0 Å². The van der Waals surface area contributed by atoms with Crippen LogP contribution in [0.3, 0.4) is 0 Å². The fraction of sp³-hybridized carbons (Fsp3) is 0.167. The predicted octanol–water partition coefficient (Wildman–Crippen LogP) is 2.07. The number of hydrogen-bond acceptors (Lipinski definition) is 4. The van der Waals surface area contributed by atoms with E-state index in [0.717, 1.165) is 0 Å². The molecule has 18 heavy (non-hydrogen) atoms. The van der Waals surface area contributed by atoms with Crippen LogP contribution in [0.4, 0.5) is 5.69 Å². The molecule has 0 aliphatic rings. The molecule has 0 fully saturated rings. The second-order valence-electron chi connectivity index (χ2n) is 3.80. The van der Waals surface area contributed by atoms with Crippen LogP contribution in [0, 0.1) is 0 Å².